The van der Waals surface area contributed by atoms with Gasteiger partial charge in [0.15, 0.2) is 17.3 Å². The highest BCUT2D eigenvalue weighted by atomic mass is 16.5. The number of carbonyl (C=O) groups excluding carboxylic acids is 4. The molecule has 3 atom stereocenters. The molecule has 0 aromatic carbocycles. The predicted octanol–water partition coefficient (Wildman–Crippen LogP) is 2.84. The lowest BCUT2D eigenvalue weighted by molar-refractivity contribution is -0.134. The van der Waals surface area contributed by atoms with Gasteiger partial charge in [0.1, 0.15) is 11.8 Å². The van der Waals surface area contributed by atoms with Gasteiger partial charge < -0.3 is 19.9 Å². The fourth-order valence-electron chi connectivity index (χ4n) is 4.38. The molecule has 3 rings (SSSR count). The summed E-state index contributed by atoms with van der Waals surface area (Å²) in [6, 6.07) is 3.45. The van der Waals surface area contributed by atoms with Gasteiger partial charge in [-0.25, -0.2) is 0 Å². The number of rotatable bonds is 15. The molecular formula is C28H38N4O6. The first-order valence-corrected chi connectivity index (χ1v) is 13.0. The second kappa shape index (κ2) is 12.9. The third-order valence-electron chi connectivity index (χ3n) is 6.85. The van der Waals surface area contributed by atoms with Crippen LogP contribution in [-0.2, 0) is 25.5 Å². The van der Waals surface area contributed by atoms with E-state index in [9.17, 15) is 19.2 Å². The van der Waals surface area contributed by atoms with Crippen molar-refractivity contribution in [1.29, 1.82) is 0 Å². The highest BCUT2D eigenvalue weighted by molar-refractivity contribution is 5.98. The molecule has 2 heterocycles. The molecule has 0 spiro atoms. The van der Waals surface area contributed by atoms with Crippen LogP contribution in [-0.4, -0.2) is 59.3 Å². The lowest BCUT2D eigenvalue weighted by atomic mass is 9.88. The van der Waals surface area contributed by atoms with Gasteiger partial charge in [-0.2, -0.15) is 0 Å². The van der Waals surface area contributed by atoms with Crippen molar-refractivity contribution in [2.45, 2.75) is 71.9 Å². The summed E-state index contributed by atoms with van der Waals surface area (Å²) in [5.41, 5.74) is 0.436. The second-order valence-electron chi connectivity index (χ2n) is 10.9. The summed E-state index contributed by atoms with van der Waals surface area (Å²) in [4.78, 5) is 56.9. The number of methoxy groups -OCH3 is 1. The molecule has 1 aliphatic rings. The number of nitrogens with one attached hydrogen (secondary N) is 2. The molecule has 38 heavy (non-hydrogen) atoms. The van der Waals surface area contributed by atoms with E-state index < -0.39 is 29.3 Å². The Hall–Kier alpha value is -3.40. The molecule has 2 amide bonds. The van der Waals surface area contributed by atoms with Gasteiger partial charge in [0, 0.05) is 43.3 Å². The zero-order valence-corrected chi connectivity index (χ0v) is 22.8. The molecule has 206 valence electrons. The minimum absolute atomic E-state index is 0.0402. The first-order chi connectivity index (χ1) is 18.0. The normalized spacial score (nSPS) is 16.4. The standard InChI is InChI=1S/C28H38N4O6/c1-17(2)11-21(25(34)28(4)8-9-28)30-26(35)20(13-19-7-6-10-29-15-19)14-24(33)23(16-37-5)31-27(36)22-12-18(3)38-32-22/h6-7,10,12,15,17,20-21,23H,8-9,11,13-14,16H2,1-5H3,(H,30,35)(H,31,36)/t20-,21+,23+/m1/s1. The number of ketones is 2. The van der Waals surface area contributed by atoms with E-state index in [1.807, 2.05) is 26.8 Å². The Balaban J connectivity index is 1.78. The van der Waals surface area contributed by atoms with Crippen molar-refractivity contribution >= 4 is 23.4 Å². The number of amides is 2. The quantitative estimate of drug-likeness (QED) is 0.361. The summed E-state index contributed by atoms with van der Waals surface area (Å²) < 4.78 is 10.1. The molecule has 1 aliphatic carbocycles. The minimum atomic E-state index is -0.993. The number of aryl methyl sites for hydroxylation is 1. The maximum atomic E-state index is 13.6. The number of aromatic nitrogens is 2. The van der Waals surface area contributed by atoms with Crippen molar-refractivity contribution in [2.75, 3.05) is 13.7 Å². The highest BCUT2D eigenvalue weighted by Crippen LogP contribution is 2.47. The van der Waals surface area contributed by atoms with Gasteiger partial charge in [0.25, 0.3) is 5.91 Å². The maximum Gasteiger partial charge on any atom is 0.274 e. The van der Waals surface area contributed by atoms with Crippen molar-refractivity contribution in [1.82, 2.24) is 20.8 Å². The number of hydrogen-bond donors (Lipinski definition) is 2. The van der Waals surface area contributed by atoms with E-state index in [4.69, 9.17) is 9.26 Å². The Kier molecular flexibility index (Phi) is 9.90. The van der Waals surface area contributed by atoms with Crippen molar-refractivity contribution in [3.63, 3.8) is 0 Å². The third-order valence-corrected chi connectivity index (χ3v) is 6.85. The van der Waals surface area contributed by atoms with E-state index in [0.717, 1.165) is 18.4 Å². The van der Waals surface area contributed by atoms with Gasteiger partial charge in [-0.05, 0) is 50.2 Å². The van der Waals surface area contributed by atoms with Crippen LogP contribution in [0.2, 0.25) is 0 Å². The first kappa shape index (κ1) is 29.2. The van der Waals surface area contributed by atoms with Crippen LogP contribution in [0.1, 0.15) is 68.3 Å². The average Bonchev–Trinajstić information content (AvgIpc) is 3.48. The van der Waals surface area contributed by atoms with Crippen LogP contribution in [0, 0.1) is 24.2 Å². The molecule has 1 saturated carbocycles. The van der Waals surface area contributed by atoms with Crippen LogP contribution >= 0.6 is 0 Å². The molecule has 0 saturated heterocycles. The van der Waals surface area contributed by atoms with E-state index >= 15 is 0 Å². The van der Waals surface area contributed by atoms with E-state index in [0.29, 0.717) is 12.2 Å². The summed E-state index contributed by atoms with van der Waals surface area (Å²) in [5.74, 6) is -1.39. The Morgan fingerprint density at radius 2 is 1.89 bits per heavy atom. The van der Waals surface area contributed by atoms with Crippen molar-refractivity contribution in [2.24, 2.45) is 17.3 Å². The van der Waals surface area contributed by atoms with Gasteiger partial charge in [0.05, 0.1) is 12.6 Å². The molecule has 10 nitrogen and oxygen atoms in total. The molecule has 2 aromatic heterocycles. The number of ether oxygens (including phenoxy) is 1. The van der Waals surface area contributed by atoms with E-state index in [1.54, 1.807) is 25.4 Å². The Labute approximate surface area is 223 Å². The maximum absolute atomic E-state index is 13.6. The number of carbonyl (C=O) groups is 4. The topological polar surface area (TPSA) is 140 Å². The van der Waals surface area contributed by atoms with Gasteiger partial charge in [-0.1, -0.05) is 32.0 Å². The number of Topliss-reactive ketones (excluding diaryl/α,β-unsaturated/α-hetero) is 2. The SMILES string of the molecule is COC[C@H](NC(=O)c1cc(C)on1)C(=O)C[C@@H](Cc1cccnc1)C(=O)N[C@@H](CC(C)C)C(=O)C1(C)CC1. The molecule has 1 fully saturated rings. The van der Waals surface area contributed by atoms with Crippen LogP contribution in [0.5, 0.6) is 0 Å². The van der Waals surface area contributed by atoms with Crippen LogP contribution < -0.4 is 10.6 Å². The lowest BCUT2D eigenvalue weighted by Crippen LogP contribution is -2.49. The molecule has 0 unspecified atom stereocenters. The average molecular weight is 527 g/mol. The first-order valence-electron chi connectivity index (χ1n) is 13.0. The zero-order chi connectivity index (χ0) is 27.9. The van der Waals surface area contributed by atoms with E-state index in [2.05, 4.69) is 20.8 Å². The summed E-state index contributed by atoms with van der Waals surface area (Å²) in [5, 5.41) is 9.28. The summed E-state index contributed by atoms with van der Waals surface area (Å²) in [6.45, 7) is 7.53. The van der Waals surface area contributed by atoms with Crippen LogP contribution in [0.15, 0.2) is 35.1 Å². The highest BCUT2D eigenvalue weighted by Gasteiger charge is 2.48. The van der Waals surface area contributed by atoms with Crippen LogP contribution in [0.4, 0.5) is 0 Å². The van der Waals surface area contributed by atoms with Crippen molar-refractivity contribution < 1.29 is 28.4 Å². The largest absolute Gasteiger partial charge is 0.382 e. The third kappa shape index (κ3) is 8.05. The molecule has 0 radical (unpaired) electrons. The van der Waals surface area contributed by atoms with E-state index in [1.165, 1.54) is 13.2 Å². The fourth-order valence-corrected chi connectivity index (χ4v) is 4.38. The van der Waals surface area contributed by atoms with Crippen molar-refractivity contribution in [3.05, 3.63) is 47.6 Å². The fraction of sp³-hybridized carbons (Fsp3) is 0.571. The molecular weight excluding hydrogens is 488 g/mol. The summed E-state index contributed by atoms with van der Waals surface area (Å²) >= 11 is 0. The van der Waals surface area contributed by atoms with Crippen LogP contribution in [0.3, 0.4) is 0 Å². The minimum Gasteiger partial charge on any atom is -0.382 e. The Morgan fingerprint density at radius 1 is 1.16 bits per heavy atom. The van der Waals surface area contributed by atoms with Gasteiger partial charge in [-0.15, -0.1) is 0 Å². The smallest absolute Gasteiger partial charge is 0.274 e. The van der Waals surface area contributed by atoms with Crippen molar-refractivity contribution in [3.8, 4) is 0 Å². The second-order valence-corrected chi connectivity index (χ2v) is 10.9. The molecule has 2 N–H and O–H groups in total. The molecule has 2 aromatic rings. The predicted molar refractivity (Wildman–Crippen MR) is 139 cm³/mol. The summed E-state index contributed by atoms with van der Waals surface area (Å²) in [7, 11) is 1.42. The van der Waals surface area contributed by atoms with Gasteiger partial charge in [-0.3, -0.25) is 24.2 Å². The lowest BCUT2D eigenvalue weighted by Gasteiger charge is -2.26. The van der Waals surface area contributed by atoms with Crippen LogP contribution in [0.25, 0.3) is 0 Å². The number of hydrogen-bond acceptors (Lipinski definition) is 8. The zero-order valence-electron chi connectivity index (χ0n) is 22.8. The summed E-state index contributed by atoms with van der Waals surface area (Å²) in [6.07, 6.45) is 5.53. The molecule has 0 aliphatic heterocycles. The molecule has 0 bridgehead atoms. The Morgan fingerprint density at radius 3 is 2.45 bits per heavy atom. The number of nitrogens with zero attached hydrogens (tertiary/aromatic N) is 2. The van der Waals surface area contributed by atoms with Gasteiger partial charge >= 0.3 is 0 Å². The van der Waals surface area contributed by atoms with E-state index in [-0.39, 0.29) is 48.5 Å². The van der Waals surface area contributed by atoms with Gasteiger partial charge in [0.2, 0.25) is 5.91 Å². The molecule has 10 heteroatoms. The Bertz CT molecular complexity index is 1130. The number of pyridine rings is 1. The monoisotopic (exact) mass is 526 g/mol.